The van der Waals surface area contributed by atoms with Crippen LogP contribution in [0.5, 0.6) is 0 Å². The summed E-state index contributed by atoms with van der Waals surface area (Å²) in [5.74, 6) is -0.415. The molecule has 0 radical (unpaired) electrons. The second kappa shape index (κ2) is 7.22. The third-order valence-electron chi connectivity index (χ3n) is 4.12. The topological polar surface area (TPSA) is 53.5 Å². The molecule has 1 fully saturated rings. The van der Waals surface area contributed by atoms with Crippen molar-refractivity contribution in [1.82, 2.24) is 9.88 Å². The highest BCUT2D eigenvalue weighted by atomic mass is 32.2. The van der Waals surface area contributed by atoms with Crippen molar-refractivity contribution in [3.8, 4) is 0 Å². The molecule has 1 aliphatic heterocycles. The molecule has 1 saturated heterocycles. The number of halogens is 3. The van der Waals surface area contributed by atoms with Crippen molar-refractivity contribution < 1.29 is 22.8 Å². The first-order valence-corrected chi connectivity index (χ1v) is 8.89. The number of anilines is 1. The summed E-state index contributed by atoms with van der Waals surface area (Å²) >= 11 is -0.247. The van der Waals surface area contributed by atoms with E-state index in [2.05, 4.69) is 4.98 Å². The predicted octanol–water partition coefficient (Wildman–Crippen LogP) is 4.36. The average molecular weight is 395 g/mol. The van der Waals surface area contributed by atoms with Gasteiger partial charge >= 0.3 is 11.5 Å². The van der Waals surface area contributed by atoms with E-state index in [0.717, 1.165) is 16.2 Å². The van der Waals surface area contributed by atoms with Crippen LogP contribution < -0.4 is 4.90 Å². The smallest absolute Gasteiger partial charge is 0.308 e. The van der Waals surface area contributed by atoms with E-state index in [-0.39, 0.29) is 28.9 Å². The third kappa shape index (κ3) is 4.24. The van der Waals surface area contributed by atoms with Crippen LogP contribution in [0, 0.1) is 6.92 Å². The summed E-state index contributed by atoms with van der Waals surface area (Å²) in [4.78, 5) is 31.8. The minimum Gasteiger partial charge on any atom is -0.308 e. The van der Waals surface area contributed by atoms with Gasteiger partial charge < -0.3 is 4.90 Å². The molecule has 3 amide bonds. The quantitative estimate of drug-likeness (QED) is 0.570. The number of aryl methyl sites for hydroxylation is 1. The lowest BCUT2D eigenvalue weighted by Crippen LogP contribution is -2.33. The molecule has 0 aliphatic carbocycles. The van der Waals surface area contributed by atoms with Crippen LogP contribution in [0.4, 0.5) is 23.7 Å². The fourth-order valence-electron chi connectivity index (χ4n) is 2.85. The first-order chi connectivity index (χ1) is 12.7. The van der Waals surface area contributed by atoms with E-state index in [0.29, 0.717) is 0 Å². The lowest BCUT2D eigenvalue weighted by molar-refractivity contribution is -0.119. The van der Waals surface area contributed by atoms with Gasteiger partial charge in [-0.05, 0) is 67.6 Å². The van der Waals surface area contributed by atoms with Crippen molar-refractivity contribution in [1.29, 1.82) is 0 Å². The molecule has 3 rings (SSSR count). The monoisotopic (exact) mass is 395 g/mol. The summed E-state index contributed by atoms with van der Waals surface area (Å²) in [5, 5.41) is 0. The molecule has 0 spiro atoms. The Hall–Kier alpha value is -2.55. The molecule has 1 aromatic carbocycles. The number of carbonyl (C=O) groups excluding carboxylic acids is 2. The molecule has 0 bridgehead atoms. The van der Waals surface area contributed by atoms with Gasteiger partial charge in [0.15, 0.2) is 0 Å². The Labute approximate surface area is 158 Å². The zero-order chi connectivity index (χ0) is 19.8. The molecule has 5 nitrogen and oxygen atoms in total. The second-order valence-electron chi connectivity index (χ2n) is 6.11. The Kier molecular flexibility index (Phi) is 5.14. The van der Waals surface area contributed by atoms with Gasteiger partial charge in [-0.3, -0.25) is 9.78 Å². The van der Waals surface area contributed by atoms with Crippen LogP contribution in [0.25, 0.3) is 0 Å². The Morgan fingerprint density at radius 3 is 2.41 bits per heavy atom. The van der Waals surface area contributed by atoms with Crippen LogP contribution in [0.3, 0.4) is 0 Å². The number of thioether (sulfide) groups is 1. The number of hydrogen-bond acceptors (Lipinski definition) is 4. The Morgan fingerprint density at radius 2 is 1.81 bits per heavy atom. The van der Waals surface area contributed by atoms with Gasteiger partial charge in [-0.2, -0.15) is 13.2 Å². The van der Waals surface area contributed by atoms with Crippen LogP contribution in [0.1, 0.15) is 18.2 Å². The van der Waals surface area contributed by atoms with Crippen molar-refractivity contribution >= 4 is 29.4 Å². The number of alkyl halides is 3. The van der Waals surface area contributed by atoms with Gasteiger partial charge in [0.05, 0.1) is 5.69 Å². The van der Waals surface area contributed by atoms with Gasteiger partial charge in [-0.25, -0.2) is 9.69 Å². The fraction of sp³-hybridized carbons (Fsp3) is 0.278. The van der Waals surface area contributed by atoms with Gasteiger partial charge in [-0.15, -0.1) is 0 Å². The Bertz CT molecular complexity index is 871. The van der Waals surface area contributed by atoms with Crippen molar-refractivity contribution in [3.63, 3.8) is 0 Å². The molecule has 27 heavy (non-hydrogen) atoms. The molecular formula is C18H16F3N3O2S. The van der Waals surface area contributed by atoms with Gasteiger partial charge in [0.25, 0.3) is 5.91 Å². The molecular weight excluding hydrogens is 379 g/mol. The SMILES string of the molecule is Cc1cc(CN2C(=O)N(c3ccc(SC(F)(F)F)cc3)C(=O)C2C)ccn1. The number of carbonyl (C=O) groups is 2. The summed E-state index contributed by atoms with van der Waals surface area (Å²) in [6.45, 7) is 3.70. The summed E-state index contributed by atoms with van der Waals surface area (Å²) in [6, 6.07) is 7.60. The molecule has 0 N–H and O–H groups in total. The number of amides is 3. The Morgan fingerprint density at radius 1 is 1.15 bits per heavy atom. The first-order valence-electron chi connectivity index (χ1n) is 8.07. The molecule has 142 valence electrons. The summed E-state index contributed by atoms with van der Waals surface area (Å²) in [6.07, 6.45) is 1.63. The maximum absolute atomic E-state index is 12.8. The molecule has 0 saturated carbocycles. The lowest BCUT2D eigenvalue weighted by Gasteiger charge is -2.19. The van der Waals surface area contributed by atoms with Gasteiger partial charge in [0.1, 0.15) is 6.04 Å². The zero-order valence-electron chi connectivity index (χ0n) is 14.5. The molecule has 2 aromatic rings. The number of nitrogens with zero attached hydrogens (tertiary/aromatic N) is 3. The number of pyridine rings is 1. The predicted molar refractivity (Wildman–Crippen MR) is 95.2 cm³/mol. The average Bonchev–Trinajstić information content (AvgIpc) is 2.78. The lowest BCUT2D eigenvalue weighted by atomic mass is 10.2. The highest BCUT2D eigenvalue weighted by molar-refractivity contribution is 8.00. The first kappa shape index (κ1) is 19.2. The summed E-state index contributed by atoms with van der Waals surface area (Å²) in [5.41, 5.74) is -2.51. The number of imide groups is 1. The largest absolute Gasteiger partial charge is 0.446 e. The standard InChI is InChI=1S/C18H16F3N3O2S/c1-11-9-13(7-8-22-11)10-23-12(2)16(25)24(17(23)26)14-3-5-15(6-4-14)27-18(19,20)21/h3-9,12H,10H2,1-2H3. The maximum Gasteiger partial charge on any atom is 0.446 e. The Balaban J connectivity index is 1.80. The van der Waals surface area contributed by atoms with E-state index in [4.69, 9.17) is 0 Å². The number of benzene rings is 1. The number of urea groups is 1. The molecule has 1 aromatic heterocycles. The molecule has 2 heterocycles. The minimum absolute atomic E-state index is 0.0116. The zero-order valence-corrected chi connectivity index (χ0v) is 15.3. The van der Waals surface area contributed by atoms with E-state index >= 15 is 0 Å². The second-order valence-corrected chi connectivity index (χ2v) is 7.25. The van der Waals surface area contributed by atoms with Gasteiger partial charge in [-0.1, -0.05) is 0 Å². The maximum atomic E-state index is 12.8. The van der Waals surface area contributed by atoms with E-state index in [9.17, 15) is 22.8 Å². The molecule has 9 heteroatoms. The van der Waals surface area contributed by atoms with Crippen molar-refractivity contribution in [3.05, 3.63) is 53.9 Å². The van der Waals surface area contributed by atoms with Gasteiger partial charge in [0.2, 0.25) is 0 Å². The number of aromatic nitrogens is 1. The third-order valence-corrected chi connectivity index (χ3v) is 4.86. The van der Waals surface area contributed by atoms with Crippen LogP contribution in [0.15, 0.2) is 47.5 Å². The number of hydrogen-bond donors (Lipinski definition) is 0. The molecule has 1 unspecified atom stereocenters. The van der Waals surface area contributed by atoms with E-state index in [1.807, 2.05) is 13.0 Å². The van der Waals surface area contributed by atoms with E-state index in [1.165, 1.54) is 29.2 Å². The van der Waals surface area contributed by atoms with Crippen molar-refractivity contribution in [2.45, 2.75) is 36.8 Å². The van der Waals surface area contributed by atoms with Crippen LogP contribution in [-0.4, -0.2) is 33.4 Å². The van der Waals surface area contributed by atoms with Crippen molar-refractivity contribution in [2.24, 2.45) is 0 Å². The van der Waals surface area contributed by atoms with E-state index in [1.54, 1.807) is 19.2 Å². The van der Waals surface area contributed by atoms with Crippen LogP contribution >= 0.6 is 11.8 Å². The highest BCUT2D eigenvalue weighted by Gasteiger charge is 2.43. The normalized spacial score (nSPS) is 17.7. The van der Waals surface area contributed by atoms with Gasteiger partial charge in [0, 0.05) is 23.3 Å². The summed E-state index contributed by atoms with van der Waals surface area (Å²) < 4.78 is 37.3. The van der Waals surface area contributed by atoms with Crippen LogP contribution in [0.2, 0.25) is 0 Å². The highest BCUT2D eigenvalue weighted by Crippen LogP contribution is 2.37. The molecule has 1 aliphatic rings. The van der Waals surface area contributed by atoms with E-state index < -0.39 is 23.5 Å². The van der Waals surface area contributed by atoms with Crippen LogP contribution in [-0.2, 0) is 11.3 Å². The fourth-order valence-corrected chi connectivity index (χ4v) is 3.39. The van der Waals surface area contributed by atoms with Crippen molar-refractivity contribution in [2.75, 3.05) is 4.90 Å². The number of rotatable bonds is 4. The molecule has 1 atom stereocenters. The minimum atomic E-state index is -4.39. The summed E-state index contributed by atoms with van der Waals surface area (Å²) in [7, 11) is 0.